The minimum absolute atomic E-state index is 0.113. The van der Waals surface area contributed by atoms with Crippen LogP contribution in [0.25, 0.3) is 0 Å². The Balaban J connectivity index is 3.09. The lowest BCUT2D eigenvalue weighted by atomic mass is 9.88. The summed E-state index contributed by atoms with van der Waals surface area (Å²) in [4.78, 5) is 0. The normalized spacial score (nSPS) is 11.8. The topological polar surface area (TPSA) is 20.2 Å². The number of hydrogen-bond acceptors (Lipinski definition) is 1. The van der Waals surface area contributed by atoms with Crippen molar-refractivity contribution in [3.05, 3.63) is 29.3 Å². The van der Waals surface area contributed by atoms with E-state index in [1.165, 1.54) is 6.07 Å². The van der Waals surface area contributed by atoms with E-state index in [2.05, 4.69) is 0 Å². The highest BCUT2D eigenvalue weighted by Gasteiger charge is 2.17. The Bertz CT molecular complexity index is 340. The van der Waals surface area contributed by atoms with Gasteiger partial charge in [0.1, 0.15) is 5.82 Å². The zero-order valence-corrected chi connectivity index (χ0v) is 8.56. The Kier molecular flexibility index (Phi) is 2.79. The van der Waals surface area contributed by atoms with Crippen LogP contribution in [-0.4, -0.2) is 5.11 Å². The van der Waals surface area contributed by atoms with Crippen molar-refractivity contribution in [2.24, 2.45) is 5.41 Å². The van der Waals surface area contributed by atoms with Crippen LogP contribution >= 0.6 is 0 Å². The minimum Gasteiger partial charge on any atom is -0.505 e. The monoisotopic (exact) mass is 200 g/mol. The molecule has 0 heterocycles. The van der Waals surface area contributed by atoms with Crippen molar-refractivity contribution in [1.82, 2.24) is 0 Å². The number of hydrogen-bond donors (Lipinski definition) is 1. The summed E-state index contributed by atoms with van der Waals surface area (Å²) in [7, 11) is 0. The highest BCUT2D eigenvalue weighted by Crippen LogP contribution is 2.29. The lowest BCUT2D eigenvalue weighted by Gasteiger charge is -2.18. The molecular weight excluding hydrogens is 186 g/mol. The maximum atomic E-state index is 12.9. The molecular formula is C11H14F2O. The highest BCUT2D eigenvalue weighted by molar-refractivity contribution is 5.34. The second kappa shape index (κ2) is 3.56. The van der Waals surface area contributed by atoms with Crippen LogP contribution in [0.1, 0.15) is 26.3 Å². The first-order valence-electron chi connectivity index (χ1n) is 4.46. The van der Waals surface area contributed by atoms with E-state index in [1.807, 2.05) is 20.8 Å². The summed E-state index contributed by atoms with van der Waals surface area (Å²) in [6.45, 7) is 5.82. The largest absolute Gasteiger partial charge is 0.505 e. The van der Waals surface area contributed by atoms with Crippen LogP contribution in [0.15, 0.2) is 12.1 Å². The second-order valence-corrected chi connectivity index (χ2v) is 4.63. The third kappa shape index (κ3) is 2.69. The van der Waals surface area contributed by atoms with E-state index in [0.29, 0.717) is 18.1 Å². The van der Waals surface area contributed by atoms with Gasteiger partial charge in [-0.05, 0) is 17.9 Å². The number of halogens is 2. The second-order valence-electron chi connectivity index (χ2n) is 4.63. The standard InChI is InChI=1S/C11H14F2O/c1-11(2,3)6-7-4-8(12)5-9(13)10(7)14/h4-5,14H,6H2,1-3H3. The number of phenolic OH excluding ortho intramolecular Hbond substituents is 1. The molecule has 1 rings (SSSR count). The van der Waals surface area contributed by atoms with Crippen molar-refractivity contribution in [1.29, 1.82) is 0 Å². The van der Waals surface area contributed by atoms with Gasteiger partial charge in [-0.1, -0.05) is 20.8 Å². The predicted molar refractivity (Wildman–Crippen MR) is 51.2 cm³/mol. The Morgan fingerprint density at radius 3 is 2.29 bits per heavy atom. The number of benzene rings is 1. The molecule has 1 aromatic rings. The Morgan fingerprint density at radius 2 is 1.79 bits per heavy atom. The number of phenols is 1. The average Bonchev–Trinajstić information content (AvgIpc) is 1.96. The summed E-state index contributed by atoms with van der Waals surface area (Å²) in [5, 5.41) is 9.34. The summed E-state index contributed by atoms with van der Waals surface area (Å²) in [5.74, 6) is -2.00. The molecule has 0 fully saturated rings. The number of aromatic hydroxyl groups is 1. The fraction of sp³-hybridized carbons (Fsp3) is 0.455. The average molecular weight is 200 g/mol. The SMILES string of the molecule is CC(C)(C)Cc1cc(F)cc(F)c1O. The molecule has 3 heteroatoms. The zero-order valence-electron chi connectivity index (χ0n) is 8.56. The fourth-order valence-electron chi connectivity index (χ4n) is 1.33. The molecule has 1 nitrogen and oxygen atoms in total. The van der Waals surface area contributed by atoms with Gasteiger partial charge in [0, 0.05) is 11.6 Å². The van der Waals surface area contributed by atoms with Crippen molar-refractivity contribution in [3.63, 3.8) is 0 Å². The Hall–Kier alpha value is -1.12. The quantitative estimate of drug-likeness (QED) is 0.737. The Labute approximate surface area is 82.4 Å². The molecule has 0 aromatic heterocycles. The number of rotatable bonds is 1. The molecule has 0 radical (unpaired) electrons. The molecule has 0 atom stereocenters. The summed E-state index contributed by atoms with van der Waals surface area (Å²) >= 11 is 0. The van der Waals surface area contributed by atoms with E-state index in [4.69, 9.17) is 0 Å². The third-order valence-corrected chi connectivity index (χ3v) is 1.83. The van der Waals surface area contributed by atoms with Crippen LogP contribution in [0.4, 0.5) is 8.78 Å². The van der Waals surface area contributed by atoms with Crippen LogP contribution in [0, 0.1) is 17.0 Å². The smallest absolute Gasteiger partial charge is 0.168 e. The molecule has 0 saturated carbocycles. The van der Waals surface area contributed by atoms with Gasteiger partial charge in [0.25, 0.3) is 0 Å². The van der Waals surface area contributed by atoms with Gasteiger partial charge in [0.15, 0.2) is 11.6 Å². The van der Waals surface area contributed by atoms with Gasteiger partial charge >= 0.3 is 0 Å². The molecule has 1 N–H and O–H groups in total. The van der Waals surface area contributed by atoms with E-state index in [1.54, 1.807) is 0 Å². The molecule has 0 bridgehead atoms. The molecule has 0 spiro atoms. The molecule has 0 aliphatic rings. The van der Waals surface area contributed by atoms with Gasteiger partial charge in [0.05, 0.1) is 0 Å². The summed E-state index contributed by atoms with van der Waals surface area (Å²) in [6, 6.07) is 1.85. The van der Waals surface area contributed by atoms with Gasteiger partial charge < -0.3 is 5.11 Å². The first-order valence-corrected chi connectivity index (χ1v) is 4.46. The van der Waals surface area contributed by atoms with Crippen LogP contribution in [0.3, 0.4) is 0 Å². The summed E-state index contributed by atoms with van der Waals surface area (Å²) < 4.78 is 25.8. The van der Waals surface area contributed by atoms with Gasteiger partial charge in [-0.2, -0.15) is 0 Å². The first kappa shape index (κ1) is 11.0. The minimum atomic E-state index is -0.899. The van der Waals surface area contributed by atoms with Crippen LogP contribution in [-0.2, 0) is 6.42 Å². The summed E-state index contributed by atoms with van der Waals surface area (Å²) in [6.07, 6.45) is 0.438. The molecule has 0 aliphatic heterocycles. The van der Waals surface area contributed by atoms with Crippen molar-refractivity contribution >= 4 is 0 Å². The van der Waals surface area contributed by atoms with Gasteiger partial charge in [0.2, 0.25) is 0 Å². The van der Waals surface area contributed by atoms with Gasteiger partial charge in [-0.3, -0.25) is 0 Å². The lowest BCUT2D eigenvalue weighted by molar-refractivity contribution is 0.380. The van der Waals surface area contributed by atoms with Crippen molar-refractivity contribution in [2.45, 2.75) is 27.2 Å². The molecule has 0 amide bonds. The van der Waals surface area contributed by atoms with E-state index >= 15 is 0 Å². The third-order valence-electron chi connectivity index (χ3n) is 1.83. The van der Waals surface area contributed by atoms with E-state index in [-0.39, 0.29) is 5.41 Å². The lowest BCUT2D eigenvalue weighted by Crippen LogP contribution is -2.09. The predicted octanol–water partition coefficient (Wildman–Crippen LogP) is 3.26. The van der Waals surface area contributed by atoms with Crippen molar-refractivity contribution in [3.8, 4) is 5.75 Å². The highest BCUT2D eigenvalue weighted by atomic mass is 19.1. The molecule has 78 valence electrons. The van der Waals surface area contributed by atoms with Gasteiger partial charge in [-0.25, -0.2) is 8.78 Å². The zero-order chi connectivity index (χ0) is 10.9. The maximum Gasteiger partial charge on any atom is 0.168 e. The Morgan fingerprint density at radius 1 is 1.21 bits per heavy atom. The molecule has 0 saturated heterocycles. The van der Waals surface area contributed by atoms with E-state index in [9.17, 15) is 13.9 Å². The van der Waals surface area contributed by atoms with Crippen LogP contribution in [0.2, 0.25) is 0 Å². The first-order chi connectivity index (χ1) is 6.29. The molecule has 1 aromatic carbocycles. The van der Waals surface area contributed by atoms with Crippen LogP contribution in [0.5, 0.6) is 5.75 Å². The van der Waals surface area contributed by atoms with Gasteiger partial charge in [-0.15, -0.1) is 0 Å². The molecule has 14 heavy (non-hydrogen) atoms. The van der Waals surface area contributed by atoms with Crippen molar-refractivity contribution < 1.29 is 13.9 Å². The van der Waals surface area contributed by atoms with Crippen molar-refractivity contribution in [2.75, 3.05) is 0 Å². The fourth-order valence-corrected chi connectivity index (χ4v) is 1.33. The van der Waals surface area contributed by atoms with Crippen LogP contribution < -0.4 is 0 Å². The molecule has 0 unspecified atom stereocenters. The summed E-state index contributed by atoms with van der Waals surface area (Å²) in [5.41, 5.74) is 0.201. The maximum absolute atomic E-state index is 12.9. The van der Waals surface area contributed by atoms with E-state index < -0.39 is 17.4 Å². The molecule has 0 aliphatic carbocycles. The van der Waals surface area contributed by atoms with E-state index in [0.717, 1.165) is 0 Å².